The number of hydrogen-bond acceptors (Lipinski definition) is 3. The zero-order chi connectivity index (χ0) is 16.0. The maximum atomic E-state index is 4.70. The number of fused-ring (bicyclic) bond motifs is 1. The van der Waals surface area contributed by atoms with Crippen molar-refractivity contribution >= 4 is 29.9 Å². The minimum atomic E-state index is 0. The van der Waals surface area contributed by atoms with Crippen LogP contribution in [0.4, 0.5) is 0 Å². The second-order valence-electron chi connectivity index (χ2n) is 7.16. The summed E-state index contributed by atoms with van der Waals surface area (Å²) < 4.78 is 1.99. The third-order valence-corrected chi connectivity index (χ3v) is 3.85. The molecule has 23 heavy (non-hydrogen) atoms. The lowest BCUT2D eigenvalue weighted by molar-refractivity contribution is 0.367. The predicted octanol–water partition coefficient (Wildman–Crippen LogP) is 2.59. The topological polar surface area (TPSA) is 67.1 Å². The molecule has 2 N–H and O–H groups in total. The molecule has 6 nitrogen and oxygen atoms in total. The SMILES string of the molecule is CCNC(=NCCCC(C)(C)C)NC1CCc2ncnn2C1.I. The van der Waals surface area contributed by atoms with Gasteiger partial charge < -0.3 is 10.6 Å². The molecule has 1 aromatic heterocycles. The number of aliphatic imine (C=N–C) groups is 1. The summed E-state index contributed by atoms with van der Waals surface area (Å²) in [6.07, 6.45) is 6.01. The van der Waals surface area contributed by atoms with Crippen molar-refractivity contribution in [3.05, 3.63) is 12.2 Å². The van der Waals surface area contributed by atoms with Gasteiger partial charge in [0.1, 0.15) is 12.2 Å². The maximum absolute atomic E-state index is 4.70. The molecule has 132 valence electrons. The monoisotopic (exact) mass is 434 g/mol. The fraction of sp³-hybridized carbons (Fsp3) is 0.812. The van der Waals surface area contributed by atoms with E-state index in [1.54, 1.807) is 6.33 Å². The molecule has 2 heterocycles. The van der Waals surface area contributed by atoms with Crippen molar-refractivity contribution in [3.63, 3.8) is 0 Å². The molecule has 0 aliphatic carbocycles. The van der Waals surface area contributed by atoms with Crippen molar-refractivity contribution < 1.29 is 0 Å². The summed E-state index contributed by atoms with van der Waals surface area (Å²) >= 11 is 0. The van der Waals surface area contributed by atoms with Gasteiger partial charge in [0.25, 0.3) is 0 Å². The summed E-state index contributed by atoms with van der Waals surface area (Å²) in [5.41, 5.74) is 0.383. The van der Waals surface area contributed by atoms with Crippen molar-refractivity contribution in [2.45, 2.75) is 66.0 Å². The van der Waals surface area contributed by atoms with Crippen LogP contribution in [0.5, 0.6) is 0 Å². The van der Waals surface area contributed by atoms with E-state index in [9.17, 15) is 0 Å². The van der Waals surface area contributed by atoms with E-state index in [0.717, 1.165) is 50.7 Å². The Kier molecular flexibility index (Phi) is 8.28. The molecule has 0 saturated heterocycles. The van der Waals surface area contributed by atoms with Gasteiger partial charge in [-0.3, -0.25) is 4.99 Å². The maximum Gasteiger partial charge on any atom is 0.191 e. The standard InChI is InChI=1S/C16H30N6.HI/c1-5-17-15(18-10-6-9-16(2,3)4)21-13-7-8-14-19-12-20-22(14)11-13;/h12-13H,5-11H2,1-4H3,(H2,17,18,21);1H. The van der Waals surface area contributed by atoms with Crippen molar-refractivity contribution in [3.8, 4) is 0 Å². The van der Waals surface area contributed by atoms with Gasteiger partial charge in [-0.15, -0.1) is 24.0 Å². The molecule has 2 rings (SSSR count). The average Bonchev–Trinajstić information content (AvgIpc) is 2.90. The number of halogens is 1. The van der Waals surface area contributed by atoms with Gasteiger partial charge in [0.2, 0.25) is 0 Å². The van der Waals surface area contributed by atoms with E-state index in [1.165, 1.54) is 6.42 Å². The molecule has 0 radical (unpaired) electrons. The molecule has 0 bridgehead atoms. The lowest BCUT2D eigenvalue weighted by atomic mass is 9.91. The molecule has 0 aromatic carbocycles. The Labute approximate surface area is 157 Å². The highest BCUT2D eigenvalue weighted by Gasteiger charge is 2.20. The van der Waals surface area contributed by atoms with Crippen LogP contribution in [0.3, 0.4) is 0 Å². The Balaban J connectivity index is 0.00000264. The number of hydrogen-bond donors (Lipinski definition) is 2. The molecule has 1 atom stereocenters. The molecule has 1 unspecified atom stereocenters. The number of aryl methyl sites for hydroxylation is 1. The Hall–Kier alpha value is -0.860. The van der Waals surface area contributed by atoms with Gasteiger partial charge in [0.15, 0.2) is 5.96 Å². The van der Waals surface area contributed by atoms with Crippen LogP contribution >= 0.6 is 24.0 Å². The van der Waals surface area contributed by atoms with E-state index >= 15 is 0 Å². The van der Waals surface area contributed by atoms with Gasteiger partial charge in [-0.25, -0.2) is 9.67 Å². The normalized spacial score (nSPS) is 18.1. The molecule has 0 spiro atoms. The first-order valence-electron chi connectivity index (χ1n) is 8.39. The van der Waals surface area contributed by atoms with Crippen molar-refractivity contribution in [1.29, 1.82) is 0 Å². The van der Waals surface area contributed by atoms with E-state index in [1.807, 2.05) is 4.68 Å². The summed E-state index contributed by atoms with van der Waals surface area (Å²) in [6, 6.07) is 0.370. The van der Waals surface area contributed by atoms with Crippen molar-refractivity contribution in [2.75, 3.05) is 13.1 Å². The molecular formula is C16H31IN6. The number of nitrogens with zero attached hydrogens (tertiary/aromatic N) is 4. The van der Waals surface area contributed by atoms with Gasteiger partial charge in [-0.2, -0.15) is 5.10 Å². The Morgan fingerprint density at radius 3 is 2.91 bits per heavy atom. The smallest absolute Gasteiger partial charge is 0.191 e. The third kappa shape index (κ3) is 7.05. The van der Waals surface area contributed by atoms with E-state index in [2.05, 4.69) is 48.4 Å². The fourth-order valence-electron chi connectivity index (χ4n) is 2.67. The fourth-order valence-corrected chi connectivity index (χ4v) is 2.67. The Bertz CT molecular complexity index is 491. The molecule has 1 aliphatic rings. The highest BCUT2D eigenvalue weighted by molar-refractivity contribution is 14.0. The first kappa shape index (κ1) is 20.2. The summed E-state index contributed by atoms with van der Waals surface area (Å²) in [7, 11) is 0. The number of nitrogens with one attached hydrogen (secondary N) is 2. The molecule has 1 aromatic rings. The summed E-state index contributed by atoms with van der Waals surface area (Å²) in [6.45, 7) is 11.5. The number of guanidine groups is 1. The van der Waals surface area contributed by atoms with Crippen LogP contribution in [0.15, 0.2) is 11.3 Å². The summed E-state index contributed by atoms with van der Waals surface area (Å²) in [5, 5.41) is 11.1. The first-order valence-corrected chi connectivity index (χ1v) is 8.39. The van der Waals surface area contributed by atoms with E-state index < -0.39 is 0 Å². The van der Waals surface area contributed by atoms with E-state index in [0.29, 0.717) is 11.5 Å². The minimum absolute atomic E-state index is 0. The van der Waals surface area contributed by atoms with Crippen LogP contribution in [0.2, 0.25) is 0 Å². The lowest BCUT2D eigenvalue weighted by Gasteiger charge is -2.25. The Morgan fingerprint density at radius 2 is 2.22 bits per heavy atom. The van der Waals surface area contributed by atoms with Crippen LogP contribution in [-0.2, 0) is 13.0 Å². The second-order valence-corrected chi connectivity index (χ2v) is 7.16. The molecule has 0 amide bonds. The van der Waals surface area contributed by atoms with Gasteiger partial charge >= 0.3 is 0 Å². The lowest BCUT2D eigenvalue weighted by Crippen LogP contribution is -2.47. The van der Waals surface area contributed by atoms with Gasteiger partial charge in [-0.05, 0) is 31.6 Å². The van der Waals surface area contributed by atoms with Crippen molar-refractivity contribution in [2.24, 2.45) is 10.4 Å². The van der Waals surface area contributed by atoms with Crippen molar-refractivity contribution in [1.82, 2.24) is 25.4 Å². The zero-order valence-electron chi connectivity index (χ0n) is 14.8. The highest BCUT2D eigenvalue weighted by atomic mass is 127. The quantitative estimate of drug-likeness (QED) is 0.324. The molecular weight excluding hydrogens is 403 g/mol. The molecule has 0 saturated carbocycles. The third-order valence-electron chi connectivity index (χ3n) is 3.85. The number of rotatable bonds is 5. The van der Waals surface area contributed by atoms with E-state index in [-0.39, 0.29) is 24.0 Å². The summed E-state index contributed by atoms with van der Waals surface area (Å²) in [4.78, 5) is 8.97. The summed E-state index contributed by atoms with van der Waals surface area (Å²) in [5.74, 6) is 2.01. The van der Waals surface area contributed by atoms with Crippen LogP contribution in [0, 0.1) is 5.41 Å². The van der Waals surface area contributed by atoms with Crippen LogP contribution in [-0.4, -0.2) is 39.9 Å². The van der Waals surface area contributed by atoms with Gasteiger partial charge in [-0.1, -0.05) is 20.8 Å². The average molecular weight is 434 g/mol. The Morgan fingerprint density at radius 1 is 1.43 bits per heavy atom. The first-order chi connectivity index (χ1) is 10.5. The largest absolute Gasteiger partial charge is 0.357 e. The van der Waals surface area contributed by atoms with Crippen LogP contribution < -0.4 is 10.6 Å². The van der Waals surface area contributed by atoms with Crippen LogP contribution in [0.1, 0.15) is 52.8 Å². The zero-order valence-corrected chi connectivity index (χ0v) is 17.1. The predicted molar refractivity (Wildman–Crippen MR) is 105 cm³/mol. The van der Waals surface area contributed by atoms with Gasteiger partial charge in [0, 0.05) is 25.6 Å². The van der Waals surface area contributed by atoms with E-state index in [4.69, 9.17) is 4.99 Å². The minimum Gasteiger partial charge on any atom is -0.357 e. The second kappa shape index (κ2) is 9.44. The molecule has 7 heteroatoms. The number of aromatic nitrogens is 3. The molecule has 1 aliphatic heterocycles. The van der Waals surface area contributed by atoms with Gasteiger partial charge in [0.05, 0.1) is 6.54 Å². The molecule has 0 fully saturated rings. The van der Waals surface area contributed by atoms with Crippen LogP contribution in [0.25, 0.3) is 0 Å². The highest BCUT2D eigenvalue weighted by Crippen LogP contribution is 2.20.